The van der Waals surface area contributed by atoms with Gasteiger partial charge >= 0.3 is 5.97 Å². The molecule has 1 aromatic rings. The lowest BCUT2D eigenvalue weighted by molar-refractivity contribution is -0.150. The van der Waals surface area contributed by atoms with Gasteiger partial charge in [0.2, 0.25) is 0 Å². The van der Waals surface area contributed by atoms with E-state index >= 15 is 0 Å². The first-order chi connectivity index (χ1) is 9.65. The number of carboxylic acid groups (broad SMARTS) is 1. The molecule has 1 amide bonds. The number of fused-ring (bicyclic) bond motifs is 1. The summed E-state index contributed by atoms with van der Waals surface area (Å²) in [5.41, 5.74) is 0.784. The molecule has 0 saturated carbocycles. The quantitative estimate of drug-likeness (QED) is 0.795. The Kier molecular flexibility index (Phi) is 3.70. The number of carbonyl (C=O) groups is 2. The number of benzene rings is 1. The predicted molar refractivity (Wildman–Crippen MR) is 81.6 cm³/mol. The van der Waals surface area contributed by atoms with Crippen LogP contribution in [0.1, 0.15) is 43.6 Å². The normalized spacial score (nSPS) is 14.3. The van der Waals surface area contributed by atoms with Crippen LogP contribution in [0, 0.1) is 5.41 Å². The van der Waals surface area contributed by atoms with E-state index in [2.05, 4.69) is 10.6 Å². The summed E-state index contributed by atoms with van der Waals surface area (Å²) in [5.74, 6) is -1.20. The van der Waals surface area contributed by atoms with Gasteiger partial charge in [0.15, 0.2) is 0 Å². The Morgan fingerprint density at radius 3 is 2.52 bits per heavy atom. The molecular weight excluding hydrogens is 268 g/mol. The summed E-state index contributed by atoms with van der Waals surface area (Å²) in [5, 5.41) is 15.4. The summed E-state index contributed by atoms with van der Waals surface area (Å²) in [7, 11) is 0. The molecule has 5 nitrogen and oxygen atoms in total. The second-order valence-corrected chi connectivity index (χ2v) is 6.56. The fourth-order valence-corrected chi connectivity index (χ4v) is 2.21. The van der Waals surface area contributed by atoms with Gasteiger partial charge in [0.25, 0.3) is 5.91 Å². The number of hydrogen-bond acceptors (Lipinski definition) is 3. The molecule has 0 unspecified atom stereocenters. The molecule has 1 heterocycles. The van der Waals surface area contributed by atoms with Crippen LogP contribution in [0.5, 0.6) is 0 Å². The molecule has 1 aromatic carbocycles. The Balaban J connectivity index is 2.20. The summed E-state index contributed by atoms with van der Waals surface area (Å²) < 4.78 is 0. The van der Waals surface area contributed by atoms with Gasteiger partial charge in [-0.05, 0) is 51.8 Å². The van der Waals surface area contributed by atoms with E-state index in [1.54, 1.807) is 33.8 Å². The van der Waals surface area contributed by atoms with Crippen molar-refractivity contribution in [1.29, 1.82) is 0 Å². The molecule has 0 fully saturated rings. The number of rotatable bonds is 4. The number of amides is 1. The van der Waals surface area contributed by atoms with E-state index in [4.69, 9.17) is 0 Å². The SMILES string of the molecule is CC(C)(NC(=O)c1ccc2c(c1)NCC2)C(C)(C)C(=O)O. The Labute approximate surface area is 124 Å². The van der Waals surface area contributed by atoms with Crippen LogP contribution < -0.4 is 10.6 Å². The molecule has 0 aromatic heterocycles. The first-order valence-electron chi connectivity index (χ1n) is 7.08. The number of carboxylic acids is 1. The van der Waals surface area contributed by atoms with Crippen LogP contribution in [0.15, 0.2) is 18.2 Å². The van der Waals surface area contributed by atoms with Crippen LogP contribution in [0.4, 0.5) is 5.69 Å². The van der Waals surface area contributed by atoms with Crippen molar-refractivity contribution in [3.05, 3.63) is 29.3 Å². The van der Waals surface area contributed by atoms with Gasteiger partial charge in [0, 0.05) is 17.8 Å². The number of anilines is 1. The van der Waals surface area contributed by atoms with Crippen molar-refractivity contribution < 1.29 is 14.7 Å². The Bertz CT molecular complexity index is 591. The van der Waals surface area contributed by atoms with Crippen molar-refractivity contribution in [1.82, 2.24) is 5.32 Å². The van der Waals surface area contributed by atoms with Gasteiger partial charge in [-0.1, -0.05) is 6.07 Å². The molecule has 0 atom stereocenters. The minimum Gasteiger partial charge on any atom is -0.481 e. The average molecular weight is 290 g/mol. The number of hydrogen-bond donors (Lipinski definition) is 3. The zero-order chi connectivity index (χ0) is 15.8. The lowest BCUT2D eigenvalue weighted by atomic mass is 9.74. The zero-order valence-electron chi connectivity index (χ0n) is 12.9. The van der Waals surface area contributed by atoms with Gasteiger partial charge < -0.3 is 15.7 Å². The zero-order valence-corrected chi connectivity index (χ0v) is 12.9. The minimum atomic E-state index is -1.07. The maximum absolute atomic E-state index is 12.4. The Hall–Kier alpha value is -2.04. The molecule has 0 radical (unpaired) electrons. The van der Waals surface area contributed by atoms with Crippen molar-refractivity contribution >= 4 is 17.6 Å². The van der Waals surface area contributed by atoms with E-state index in [-0.39, 0.29) is 5.91 Å². The van der Waals surface area contributed by atoms with E-state index in [0.29, 0.717) is 5.56 Å². The molecule has 5 heteroatoms. The molecule has 0 bridgehead atoms. The third kappa shape index (κ3) is 2.73. The standard InChI is InChI=1S/C16H22N2O3/c1-15(2,14(20)21)16(3,4)18-13(19)11-6-5-10-7-8-17-12(10)9-11/h5-6,9,17H,7-8H2,1-4H3,(H,18,19)(H,20,21). The van der Waals surface area contributed by atoms with E-state index < -0.39 is 16.9 Å². The van der Waals surface area contributed by atoms with Crippen LogP contribution in [0.2, 0.25) is 0 Å². The fraction of sp³-hybridized carbons (Fsp3) is 0.500. The number of carbonyl (C=O) groups excluding carboxylic acids is 1. The van der Waals surface area contributed by atoms with Gasteiger partial charge in [-0.2, -0.15) is 0 Å². The third-order valence-electron chi connectivity index (χ3n) is 4.61. The molecule has 0 saturated heterocycles. The first kappa shape index (κ1) is 15.4. The lowest BCUT2D eigenvalue weighted by Crippen LogP contribution is -2.56. The average Bonchev–Trinajstić information content (AvgIpc) is 2.84. The molecule has 114 valence electrons. The van der Waals surface area contributed by atoms with Gasteiger partial charge in [-0.15, -0.1) is 0 Å². The molecule has 3 N–H and O–H groups in total. The minimum absolute atomic E-state index is 0.258. The molecule has 1 aliphatic heterocycles. The van der Waals surface area contributed by atoms with Crippen LogP contribution in [0.25, 0.3) is 0 Å². The highest BCUT2D eigenvalue weighted by atomic mass is 16.4. The van der Waals surface area contributed by atoms with Gasteiger partial charge in [-0.25, -0.2) is 0 Å². The maximum Gasteiger partial charge on any atom is 0.311 e. The monoisotopic (exact) mass is 290 g/mol. The Morgan fingerprint density at radius 1 is 1.24 bits per heavy atom. The smallest absolute Gasteiger partial charge is 0.311 e. The number of nitrogens with one attached hydrogen (secondary N) is 2. The summed E-state index contributed by atoms with van der Waals surface area (Å²) >= 11 is 0. The van der Waals surface area contributed by atoms with Crippen molar-refractivity contribution in [2.45, 2.75) is 39.7 Å². The van der Waals surface area contributed by atoms with Gasteiger partial charge in [-0.3, -0.25) is 9.59 Å². The van der Waals surface area contributed by atoms with Crippen LogP contribution in [0.3, 0.4) is 0 Å². The van der Waals surface area contributed by atoms with E-state index in [9.17, 15) is 14.7 Å². The first-order valence-corrected chi connectivity index (χ1v) is 7.08. The molecule has 0 aliphatic carbocycles. The highest BCUT2D eigenvalue weighted by Crippen LogP contribution is 2.31. The second kappa shape index (κ2) is 5.06. The van der Waals surface area contributed by atoms with E-state index in [1.807, 2.05) is 12.1 Å². The molecule has 0 spiro atoms. The summed E-state index contributed by atoms with van der Waals surface area (Å²) in [6.07, 6.45) is 0.967. The van der Waals surface area contributed by atoms with Crippen molar-refractivity contribution in [2.75, 3.05) is 11.9 Å². The molecule has 21 heavy (non-hydrogen) atoms. The largest absolute Gasteiger partial charge is 0.481 e. The fourth-order valence-electron chi connectivity index (χ4n) is 2.21. The highest BCUT2D eigenvalue weighted by molar-refractivity contribution is 5.96. The Morgan fingerprint density at radius 2 is 1.90 bits per heavy atom. The summed E-state index contributed by atoms with van der Waals surface area (Å²) in [6.45, 7) is 7.56. The van der Waals surface area contributed by atoms with Gasteiger partial charge in [0.1, 0.15) is 0 Å². The van der Waals surface area contributed by atoms with Crippen molar-refractivity contribution in [2.24, 2.45) is 5.41 Å². The van der Waals surface area contributed by atoms with E-state index in [0.717, 1.165) is 18.7 Å². The summed E-state index contributed by atoms with van der Waals surface area (Å²) in [6, 6.07) is 5.55. The van der Waals surface area contributed by atoms with Gasteiger partial charge in [0.05, 0.1) is 11.0 Å². The van der Waals surface area contributed by atoms with Crippen molar-refractivity contribution in [3.8, 4) is 0 Å². The van der Waals surface area contributed by atoms with Crippen molar-refractivity contribution in [3.63, 3.8) is 0 Å². The highest BCUT2D eigenvalue weighted by Gasteiger charge is 2.44. The van der Waals surface area contributed by atoms with Crippen LogP contribution in [-0.2, 0) is 11.2 Å². The van der Waals surface area contributed by atoms with E-state index in [1.165, 1.54) is 5.56 Å². The lowest BCUT2D eigenvalue weighted by Gasteiger charge is -2.38. The second-order valence-electron chi connectivity index (χ2n) is 6.56. The third-order valence-corrected chi connectivity index (χ3v) is 4.61. The summed E-state index contributed by atoms with van der Waals surface area (Å²) in [4.78, 5) is 23.8. The van der Waals surface area contributed by atoms with Crippen LogP contribution in [-0.4, -0.2) is 29.1 Å². The predicted octanol–water partition coefficient (Wildman–Crippen LogP) is 2.27. The molecular formula is C16H22N2O3. The topological polar surface area (TPSA) is 78.4 Å². The van der Waals surface area contributed by atoms with Crippen LogP contribution >= 0.6 is 0 Å². The molecule has 1 aliphatic rings. The molecule has 2 rings (SSSR count). The number of aliphatic carboxylic acids is 1. The maximum atomic E-state index is 12.4.